The zero-order valence-electron chi connectivity index (χ0n) is 16.8. The topological polar surface area (TPSA) is 57.3 Å². The van der Waals surface area contributed by atoms with E-state index in [2.05, 4.69) is 56.4 Å². The van der Waals surface area contributed by atoms with Crippen molar-refractivity contribution < 1.29 is 4.79 Å². The Hall–Kier alpha value is -2.08. The molecule has 27 heavy (non-hydrogen) atoms. The standard InChI is InChI=1S/C21H29BrN4O/c1-6-8-11-26(7-2)19-13-15(4)23-21(20(19)24-16(5)27)25-18-10-9-14(3)12-17(18)22/h9-10,12-13H,6-8,11H2,1-5H3,(H,23,25)(H,24,27). The van der Waals surface area contributed by atoms with Crippen LogP contribution in [0.1, 0.15) is 44.9 Å². The number of rotatable bonds is 8. The highest BCUT2D eigenvalue weighted by molar-refractivity contribution is 9.10. The average Bonchev–Trinajstić information content (AvgIpc) is 2.60. The second-order valence-corrected chi connectivity index (χ2v) is 7.58. The Morgan fingerprint density at radius 1 is 1.22 bits per heavy atom. The molecule has 0 aliphatic carbocycles. The van der Waals surface area contributed by atoms with Crippen LogP contribution in [0.25, 0.3) is 0 Å². The van der Waals surface area contributed by atoms with Gasteiger partial charge in [0.05, 0.1) is 11.4 Å². The Bertz CT molecular complexity index is 807. The summed E-state index contributed by atoms with van der Waals surface area (Å²) in [5.74, 6) is 0.541. The van der Waals surface area contributed by atoms with Crippen LogP contribution in [0, 0.1) is 13.8 Å². The van der Waals surface area contributed by atoms with Crippen molar-refractivity contribution in [2.45, 2.75) is 47.5 Å². The molecule has 2 N–H and O–H groups in total. The Balaban J connectivity index is 2.52. The third-order valence-corrected chi connectivity index (χ3v) is 4.97. The van der Waals surface area contributed by atoms with Gasteiger partial charge < -0.3 is 15.5 Å². The molecule has 2 aromatic rings. The molecule has 0 radical (unpaired) electrons. The minimum atomic E-state index is -0.112. The van der Waals surface area contributed by atoms with Crippen molar-refractivity contribution in [3.05, 3.63) is 40.0 Å². The largest absolute Gasteiger partial charge is 0.370 e. The van der Waals surface area contributed by atoms with Crippen LogP contribution in [-0.2, 0) is 4.79 Å². The summed E-state index contributed by atoms with van der Waals surface area (Å²) < 4.78 is 0.958. The summed E-state index contributed by atoms with van der Waals surface area (Å²) >= 11 is 3.61. The summed E-state index contributed by atoms with van der Waals surface area (Å²) in [7, 11) is 0. The van der Waals surface area contributed by atoms with E-state index in [1.165, 1.54) is 12.5 Å². The van der Waals surface area contributed by atoms with Gasteiger partial charge in [-0.3, -0.25) is 4.79 Å². The third kappa shape index (κ3) is 5.70. The zero-order chi connectivity index (χ0) is 20.0. The maximum atomic E-state index is 11.9. The first-order valence-electron chi connectivity index (χ1n) is 9.43. The summed E-state index contributed by atoms with van der Waals surface area (Å²) in [4.78, 5) is 18.9. The Kier molecular flexibility index (Phi) is 7.66. The number of aryl methyl sites for hydroxylation is 2. The van der Waals surface area contributed by atoms with Gasteiger partial charge in [-0.05, 0) is 66.9 Å². The molecule has 146 valence electrons. The number of carbonyl (C=O) groups excluding carboxylic acids is 1. The molecule has 2 rings (SSSR count). The van der Waals surface area contributed by atoms with E-state index in [0.717, 1.165) is 53.2 Å². The van der Waals surface area contributed by atoms with E-state index >= 15 is 0 Å². The van der Waals surface area contributed by atoms with Crippen LogP contribution >= 0.6 is 15.9 Å². The SMILES string of the molecule is CCCCN(CC)c1cc(C)nc(Nc2ccc(C)cc2Br)c1NC(C)=O. The fraction of sp³-hybridized carbons (Fsp3) is 0.429. The van der Waals surface area contributed by atoms with Gasteiger partial charge >= 0.3 is 0 Å². The van der Waals surface area contributed by atoms with E-state index in [4.69, 9.17) is 0 Å². The second kappa shape index (κ2) is 9.74. The lowest BCUT2D eigenvalue weighted by Crippen LogP contribution is -2.26. The zero-order valence-corrected chi connectivity index (χ0v) is 18.4. The first-order chi connectivity index (χ1) is 12.8. The summed E-state index contributed by atoms with van der Waals surface area (Å²) in [6.07, 6.45) is 2.22. The van der Waals surface area contributed by atoms with Gasteiger partial charge in [0.25, 0.3) is 0 Å². The Labute approximate surface area is 170 Å². The first kappa shape index (κ1) is 21.2. The number of nitrogens with zero attached hydrogens (tertiary/aromatic N) is 2. The molecular weight excluding hydrogens is 404 g/mol. The van der Waals surface area contributed by atoms with Crippen LogP contribution in [0.3, 0.4) is 0 Å². The van der Waals surface area contributed by atoms with Gasteiger partial charge in [-0.1, -0.05) is 19.4 Å². The minimum absolute atomic E-state index is 0.112. The molecule has 0 spiro atoms. The summed E-state index contributed by atoms with van der Waals surface area (Å²) in [6, 6.07) is 8.15. The maximum Gasteiger partial charge on any atom is 0.221 e. The highest BCUT2D eigenvalue weighted by atomic mass is 79.9. The van der Waals surface area contributed by atoms with E-state index in [9.17, 15) is 4.79 Å². The van der Waals surface area contributed by atoms with Crippen molar-refractivity contribution in [2.24, 2.45) is 0 Å². The molecule has 6 heteroatoms. The highest BCUT2D eigenvalue weighted by Gasteiger charge is 2.18. The lowest BCUT2D eigenvalue weighted by atomic mass is 10.2. The Morgan fingerprint density at radius 3 is 2.56 bits per heavy atom. The number of benzene rings is 1. The normalized spacial score (nSPS) is 10.6. The van der Waals surface area contributed by atoms with E-state index in [-0.39, 0.29) is 5.91 Å². The molecule has 0 fully saturated rings. The van der Waals surface area contributed by atoms with Crippen LogP contribution in [-0.4, -0.2) is 24.0 Å². The average molecular weight is 433 g/mol. The van der Waals surface area contributed by atoms with Gasteiger partial charge in [-0.15, -0.1) is 0 Å². The number of hydrogen-bond donors (Lipinski definition) is 2. The molecule has 1 amide bonds. The number of amides is 1. The number of nitrogens with one attached hydrogen (secondary N) is 2. The van der Waals surface area contributed by atoms with Crippen LogP contribution in [0.4, 0.5) is 22.9 Å². The van der Waals surface area contributed by atoms with Gasteiger partial charge in [0, 0.05) is 30.2 Å². The van der Waals surface area contributed by atoms with E-state index < -0.39 is 0 Å². The van der Waals surface area contributed by atoms with Gasteiger partial charge in [0.15, 0.2) is 5.82 Å². The van der Waals surface area contributed by atoms with Crippen LogP contribution in [0.2, 0.25) is 0 Å². The van der Waals surface area contributed by atoms with Crippen molar-refractivity contribution in [2.75, 3.05) is 28.6 Å². The molecule has 1 heterocycles. The van der Waals surface area contributed by atoms with E-state index in [1.807, 2.05) is 32.0 Å². The predicted molar refractivity (Wildman–Crippen MR) is 118 cm³/mol. The Morgan fingerprint density at radius 2 is 1.96 bits per heavy atom. The van der Waals surface area contributed by atoms with Crippen molar-refractivity contribution in [3.63, 3.8) is 0 Å². The molecular formula is C21H29BrN4O. The first-order valence-corrected chi connectivity index (χ1v) is 10.2. The molecule has 0 bridgehead atoms. The maximum absolute atomic E-state index is 11.9. The highest BCUT2D eigenvalue weighted by Crippen LogP contribution is 2.36. The molecule has 1 aromatic carbocycles. The predicted octanol–water partition coefficient (Wildman–Crippen LogP) is 5.79. The number of unbranched alkanes of at least 4 members (excludes halogenated alkanes) is 1. The van der Waals surface area contributed by atoms with Gasteiger partial charge in [-0.2, -0.15) is 0 Å². The fourth-order valence-electron chi connectivity index (χ4n) is 2.94. The molecule has 0 aliphatic rings. The molecule has 0 atom stereocenters. The van der Waals surface area contributed by atoms with Crippen LogP contribution < -0.4 is 15.5 Å². The van der Waals surface area contributed by atoms with Crippen molar-refractivity contribution in [3.8, 4) is 0 Å². The van der Waals surface area contributed by atoms with E-state index in [0.29, 0.717) is 5.82 Å². The minimum Gasteiger partial charge on any atom is -0.370 e. The van der Waals surface area contributed by atoms with Crippen LogP contribution in [0.5, 0.6) is 0 Å². The van der Waals surface area contributed by atoms with Crippen LogP contribution in [0.15, 0.2) is 28.7 Å². The number of halogens is 1. The number of carbonyl (C=O) groups is 1. The third-order valence-electron chi connectivity index (χ3n) is 4.31. The number of pyridine rings is 1. The van der Waals surface area contributed by atoms with Crippen molar-refractivity contribution in [1.82, 2.24) is 4.98 Å². The number of anilines is 4. The van der Waals surface area contributed by atoms with Crippen molar-refractivity contribution >= 4 is 44.7 Å². The number of hydrogen-bond acceptors (Lipinski definition) is 4. The monoisotopic (exact) mass is 432 g/mol. The molecule has 0 aliphatic heterocycles. The van der Waals surface area contributed by atoms with Gasteiger partial charge in [0.2, 0.25) is 5.91 Å². The molecule has 0 saturated carbocycles. The van der Waals surface area contributed by atoms with Gasteiger partial charge in [0.1, 0.15) is 5.69 Å². The van der Waals surface area contributed by atoms with Gasteiger partial charge in [-0.25, -0.2) is 4.98 Å². The molecule has 1 aromatic heterocycles. The molecule has 5 nitrogen and oxygen atoms in total. The quantitative estimate of drug-likeness (QED) is 0.553. The molecule has 0 saturated heterocycles. The summed E-state index contributed by atoms with van der Waals surface area (Å²) in [5, 5.41) is 6.38. The smallest absolute Gasteiger partial charge is 0.221 e. The van der Waals surface area contributed by atoms with E-state index in [1.54, 1.807) is 0 Å². The summed E-state index contributed by atoms with van der Waals surface area (Å²) in [6.45, 7) is 11.7. The summed E-state index contributed by atoms with van der Waals surface area (Å²) in [5.41, 5.74) is 4.70. The number of aromatic nitrogens is 1. The fourth-order valence-corrected chi connectivity index (χ4v) is 3.53. The van der Waals surface area contributed by atoms with Crippen molar-refractivity contribution in [1.29, 1.82) is 0 Å². The second-order valence-electron chi connectivity index (χ2n) is 6.73. The molecule has 0 unspecified atom stereocenters. The lowest BCUT2D eigenvalue weighted by Gasteiger charge is -2.27. The lowest BCUT2D eigenvalue weighted by molar-refractivity contribution is -0.114.